The lowest BCUT2D eigenvalue weighted by molar-refractivity contribution is -0.133. The van der Waals surface area contributed by atoms with Gasteiger partial charge in [0.05, 0.1) is 17.9 Å². The van der Waals surface area contributed by atoms with E-state index in [9.17, 15) is 31.2 Å². The molecular formula is C24H26Cl2F3N3O6S. The summed E-state index contributed by atoms with van der Waals surface area (Å²) in [5, 5.41) is 3.98. The van der Waals surface area contributed by atoms with Crippen LogP contribution in [0.25, 0.3) is 0 Å². The van der Waals surface area contributed by atoms with Crippen LogP contribution in [-0.4, -0.2) is 52.8 Å². The number of halogens is 5. The van der Waals surface area contributed by atoms with E-state index in [1.165, 1.54) is 4.68 Å². The monoisotopic (exact) mass is 611 g/mol. The van der Waals surface area contributed by atoms with Crippen molar-refractivity contribution in [1.82, 2.24) is 14.7 Å². The third-order valence-electron chi connectivity index (χ3n) is 6.50. The summed E-state index contributed by atoms with van der Waals surface area (Å²) < 4.78 is 71.4. The van der Waals surface area contributed by atoms with Crippen molar-refractivity contribution < 1.29 is 40.1 Å². The minimum absolute atomic E-state index is 0.0933. The molecule has 2 aliphatic rings. The first kappa shape index (κ1) is 29.5. The summed E-state index contributed by atoms with van der Waals surface area (Å²) in [6, 6.07) is 1.56. The van der Waals surface area contributed by atoms with Crippen LogP contribution in [-0.2, 0) is 32.5 Å². The number of carbonyl (C=O) groups is 2. The van der Waals surface area contributed by atoms with Gasteiger partial charge in [-0.25, -0.2) is 4.79 Å². The number of hydrogen-bond acceptors (Lipinski definition) is 7. The molecular weight excluding hydrogens is 586 g/mol. The van der Waals surface area contributed by atoms with Gasteiger partial charge in [-0.2, -0.15) is 31.4 Å². The average molecular weight is 612 g/mol. The number of carbonyl (C=O) groups excluding carboxylic acids is 2. The van der Waals surface area contributed by atoms with E-state index in [1.807, 2.05) is 0 Å². The maximum atomic E-state index is 13.4. The number of fused-ring (bicyclic) bond motifs is 1. The standard InChI is InChI=1S/C24H26Cl2F3N3O6S/c1-23(2,3)37-22(34)32-20-6-4-5-19(16(20)12-30-32)31-8-7-13(21(31)33)9-15-17(25)10-14(11-18(15)26)38-39(35,36)24(27,28)29/h10-13,19H,4-9H2,1-3H3/t13?,19-/m1/s1. The molecule has 1 amide bonds. The van der Waals surface area contributed by atoms with Crippen LogP contribution in [0.5, 0.6) is 5.75 Å². The molecule has 9 nitrogen and oxygen atoms in total. The van der Waals surface area contributed by atoms with Gasteiger partial charge < -0.3 is 13.8 Å². The highest BCUT2D eigenvalue weighted by Crippen LogP contribution is 2.41. The van der Waals surface area contributed by atoms with E-state index in [4.69, 9.17) is 27.9 Å². The molecule has 1 saturated heterocycles. The van der Waals surface area contributed by atoms with Gasteiger partial charge in [0.2, 0.25) is 5.91 Å². The Balaban J connectivity index is 1.50. The minimum atomic E-state index is -5.90. The van der Waals surface area contributed by atoms with Gasteiger partial charge in [0.25, 0.3) is 0 Å². The van der Waals surface area contributed by atoms with E-state index in [1.54, 1.807) is 31.9 Å². The zero-order valence-corrected chi connectivity index (χ0v) is 23.5. The van der Waals surface area contributed by atoms with Crippen LogP contribution in [0.15, 0.2) is 18.3 Å². The minimum Gasteiger partial charge on any atom is -0.442 e. The molecule has 1 aliphatic carbocycles. The van der Waals surface area contributed by atoms with E-state index in [0.29, 0.717) is 31.5 Å². The first-order valence-electron chi connectivity index (χ1n) is 12.1. The van der Waals surface area contributed by atoms with E-state index in [-0.39, 0.29) is 34.0 Å². The number of amides is 1. The van der Waals surface area contributed by atoms with Crippen molar-refractivity contribution in [1.29, 1.82) is 0 Å². The molecule has 0 saturated carbocycles. The summed E-state index contributed by atoms with van der Waals surface area (Å²) in [6.07, 6.45) is 3.60. The zero-order chi connectivity index (χ0) is 28.9. The summed E-state index contributed by atoms with van der Waals surface area (Å²) in [4.78, 5) is 27.8. The molecule has 1 fully saturated rings. The number of benzene rings is 1. The van der Waals surface area contributed by atoms with Gasteiger partial charge in [0.15, 0.2) is 0 Å². The van der Waals surface area contributed by atoms with Crippen LogP contribution in [0.3, 0.4) is 0 Å². The SMILES string of the molecule is CC(C)(C)OC(=O)n1ncc2c1CCC[C@H]2N1CCC(Cc2c(Cl)cc(OS(=O)(=O)C(F)(F)F)cc2Cl)C1=O. The lowest BCUT2D eigenvalue weighted by Gasteiger charge is -2.31. The maximum Gasteiger partial charge on any atom is 0.534 e. The summed E-state index contributed by atoms with van der Waals surface area (Å²) in [7, 11) is -5.90. The van der Waals surface area contributed by atoms with Crippen molar-refractivity contribution in [2.75, 3.05) is 6.54 Å². The number of ether oxygens (including phenoxy) is 1. The Morgan fingerprint density at radius 1 is 1.15 bits per heavy atom. The van der Waals surface area contributed by atoms with Crippen molar-refractivity contribution in [3.05, 3.63) is 45.2 Å². The van der Waals surface area contributed by atoms with Gasteiger partial charge in [-0.3, -0.25) is 4.79 Å². The summed E-state index contributed by atoms with van der Waals surface area (Å²) >= 11 is 12.4. The lowest BCUT2D eigenvalue weighted by Crippen LogP contribution is -2.35. The fourth-order valence-electron chi connectivity index (χ4n) is 4.82. The summed E-state index contributed by atoms with van der Waals surface area (Å²) in [5.74, 6) is -1.37. The molecule has 0 bridgehead atoms. The molecule has 39 heavy (non-hydrogen) atoms. The molecule has 0 N–H and O–H groups in total. The van der Waals surface area contributed by atoms with Gasteiger partial charge >= 0.3 is 21.7 Å². The Labute approximate surface area is 233 Å². The molecule has 1 unspecified atom stereocenters. The number of rotatable bonds is 5. The molecule has 0 spiro atoms. The molecule has 2 atom stereocenters. The molecule has 0 radical (unpaired) electrons. The van der Waals surface area contributed by atoms with Gasteiger partial charge in [-0.1, -0.05) is 23.2 Å². The first-order chi connectivity index (χ1) is 18.0. The fourth-order valence-corrected chi connectivity index (χ4v) is 5.89. The Morgan fingerprint density at radius 3 is 2.38 bits per heavy atom. The van der Waals surface area contributed by atoms with E-state index >= 15 is 0 Å². The Bertz CT molecular complexity index is 1380. The lowest BCUT2D eigenvalue weighted by atomic mass is 9.91. The first-order valence-corrected chi connectivity index (χ1v) is 14.2. The van der Waals surface area contributed by atoms with Crippen LogP contribution in [0, 0.1) is 5.92 Å². The molecule has 2 heterocycles. The van der Waals surface area contributed by atoms with E-state index in [0.717, 1.165) is 24.1 Å². The van der Waals surface area contributed by atoms with Crippen LogP contribution in [0.4, 0.5) is 18.0 Å². The highest BCUT2D eigenvalue weighted by molar-refractivity contribution is 7.88. The van der Waals surface area contributed by atoms with Crippen LogP contribution < -0.4 is 4.18 Å². The third kappa shape index (κ3) is 6.14. The molecule has 2 aromatic rings. The van der Waals surface area contributed by atoms with Crippen molar-refractivity contribution >= 4 is 45.3 Å². The third-order valence-corrected chi connectivity index (χ3v) is 8.15. The molecule has 15 heteroatoms. The normalized spacial score (nSPS) is 20.2. The van der Waals surface area contributed by atoms with Crippen molar-refractivity contribution in [3.8, 4) is 5.75 Å². The number of alkyl halides is 3. The molecule has 1 aliphatic heterocycles. The van der Waals surface area contributed by atoms with Crippen molar-refractivity contribution in [3.63, 3.8) is 0 Å². The van der Waals surface area contributed by atoms with Crippen molar-refractivity contribution in [2.24, 2.45) is 5.92 Å². The smallest absolute Gasteiger partial charge is 0.442 e. The number of hydrogen-bond donors (Lipinski definition) is 0. The topological polar surface area (TPSA) is 108 Å². The molecule has 1 aromatic heterocycles. The number of aromatic nitrogens is 2. The largest absolute Gasteiger partial charge is 0.534 e. The van der Waals surface area contributed by atoms with E-state index < -0.39 is 39.0 Å². The molecule has 214 valence electrons. The van der Waals surface area contributed by atoms with Crippen LogP contribution in [0.2, 0.25) is 10.0 Å². The predicted octanol–water partition coefficient (Wildman–Crippen LogP) is 5.67. The Hall–Kier alpha value is -2.51. The van der Waals surface area contributed by atoms with E-state index in [2.05, 4.69) is 9.28 Å². The highest BCUT2D eigenvalue weighted by atomic mass is 35.5. The second kappa shape index (κ2) is 10.5. The van der Waals surface area contributed by atoms with Crippen LogP contribution >= 0.6 is 23.2 Å². The molecule has 4 rings (SSSR count). The fraction of sp³-hybridized carbons (Fsp3) is 0.542. The Kier molecular flexibility index (Phi) is 7.91. The van der Waals surface area contributed by atoms with Gasteiger partial charge in [-0.15, -0.1) is 0 Å². The summed E-state index contributed by atoms with van der Waals surface area (Å²) in [5.41, 5.74) is -4.54. The van der Waals surface area contributed by atoms with Crippen LogP contribution in [0.1, 0.15) is 62.9 Å². The second-order valence-electron chi connectivity index (χ2n) is 10.4. The average Bonchev–Trinajstić information content (AvgIpc) is 3.38. The Morgan fingerprint density at radius 2 is 1.79 bits per heavy atom. The summed E-state index contributed by atoms with van der Waals surface area (Å²) in [6.45, 7) is 5.72. The highest BCUT2D eigenvalue weighted by Gasteiger charge is 2.48. The second-order valence-corrected chi connectivity index (χ2v) is 12.8. The van der Waals surface area contributed by atoms with Crippen molar-refractivity contribution in [2.45, 2.75) is 70.0 Å². The van der Waals surface area contributed by atoms with Gasteiger partial charge in [0.1, 0.15) is 11.4 Å². The maximum absolute atomic E-state index is 13.4. The number of likely N-dealkylation sites (tertiary alicyclic amines) is 1. The predicted molar refractivity (Wildman–Crippen MR) is 135 cm³/mol. The van der Waals surface area contributed by atoms with Gasteiger partial charge in [0, 0.05) is 40.2 Å². The zero-order valence-electron chi connectivity index (χ0n) is 21.2. The number of nitrogens with zero attached hydrogens (tertiary/aromatic N) is 3. The van der Waals surface area contributed by atoms with Gasteiger partial charge in [-0.05, 0) is 58.4 Å². The quantitative estimate of drug-likeness (QED) is 0.316. The molecule has 1 aromatic carbocycles.